The molecule has 0 aromatic heterocycles. The Morgan fingerprint density at radius 1 is 1.05 bits per heavy atom. The number of aliphatic hydroxyl groups excluding tert-OH is 1. The largest absolute Gasteiger partial charge is 0.508 e. The van der Waals surface area contributed by atoms with Crippen LogP contribution in [0.4, 0.5) is 19.4 Å². The number of nitrogens with two attached hydrogens (primary N) is 1. The second kappa shape index (κ2) is 4.02. The van der Waals surface area contributed by atoms with Crippen LogP contribution in [0.1, 0.15) is 5.56 Å². The third-order valence-corrected chi connectivity index (χ3v) is 3.41. The minimum Gasteiger partial charge on any atom is -0.508 e. The van der Waals surface area contributed by atoms with Crippen LogP contribution in [0, 0.1) is 0 Å². The Hall–Kier alpha value is -1.96. The molecular formula is C12H12F5NOS. The van der Waals surface area contributed by atoms with Crippen LogP contribution in [0.25, 0.3) is 5.57 Å². The zero-order chi connectivity index (χ0) is 15.8. The maximum atomic E-state index is 12.5. The Morgan fingerprint density at radius 2 is 1.50 bits per heavy atom. The molecule has 1 aromatic rings. The molecule has 0 atom stereocenters. The number of halogens is 5. The van der Waals surface area contributed by atoms with E-state index in [1.54, 1.807) is 0 Å². The fourth-order valence-electron chi connectivity index (χ4n) is 1.41. The number of hydrogen-bond donors (Lipinski definition) is 2. The summed E-state index contributed by atoms with van der Waals surface area (Å²) in [6, 6.07) is 2.08. The van der Waals surface area contributed by atoms with Crippen molar-refractivity contribution >= 4 is 15.8 Å². The van der Waals surface area contributed by atoms with Crippen molar-refractivity contribution in [1.29, 1.82) is 0 Å². The van der Waals surface area contributed by atoms with Crippen molar-refractivity contribution in [1.82, 2.24) is 0 Å². The van der Waals surface area contributed by atoms with Crippen LogP contribution in [0.5, 0.6) is 0 Å². The summed E-state index contributed by atoms with van der Waals surface area (Å²) in [5.74, 6) is -0.475. The first-order valence-corrected chi connectivity index (χ1v) is 7.05. The van der Waals surface area contributed by atoms with Gasteiger partial charge in [0, 0.05) is 11.3 Å². The summed E-state index contributed by atoms with van der Waals surface area (Å²) in [4.78, 5) is -2.01. The molecule has 0 saturated heterocycles. The van der Waals surface area contributed by atoms with E-state index in [9.17, 15) is 24.5 Å². The zero-order valence-corrected chi connectivity index (χ0v) is 10.9. The predicted molar refractivity (Wildman–Crippen MR) is 70.9 cm³/mol. The minimum atomic E-state index is -9.70. The van der Waals surface area contributed by atoms with Crippen LogP contribution >= 0.6 is 10.2 Å². The molecule has 3 N–H and O–H groups in total. The van der Waals surface area contributed by atoms with E-state index in [1.807, 2.05) is 0 Å². The van der Waals surface area contributed by atoms with Crippen LogP contribution in [-0.2, 0) is 0 Å². The highest BCUT2D eigenvalue weighted by molar-refractivity contribution is 8.45. The molecule has 0 unspecified atom stereocenters. The van der Waals surface area contributed by atoms with E-state index in [-0.39, 0.29) is 29.0 Å². The minimum absolute atomic E-state index is 0.00814. The van der Waals surface area contributed by atoms with Crippen molar-refractivity contribution in [2.45, 2.75) is 4.90 Å². The normalized spacial score (nSPS) is 16.1. The van der Waals surface area contributed by atoms with E-state index >= 15 is 0 Å². The van der Waals surface area contributed by atoms with Gasteiger partial charge in [-0.3, -0.25) is 0 Å². The Morgan fingerprint density at radius 3 is 1.80 bits per heavy atom. The van der Waals surface area contributed by atoms with E-state index < -0.39 is 20.9 Å². The second-order valence-electron chi connectivity index (χ2n) is 4.07. The van der Waals surface area contributed by atoms with Gasteiger partial charge in [0.25, 0.3) is 0 Å². The molecule has 0 bridgehead atoms. The van der Waals surface area contributed by atoms with Crippen molar-refractivity contribution in [2.24, 2.45) is 5.73 Å². The van der Waals surface area contributed by atoms with Gasteiger partial charge >= 0.3 is 10.2 Å². The zero-order valence-electron chi connectivity index (χ0n) is 10.1. The average molecular weight is 313 g/mol. The van der Waals surface area contributed by atoms with Crippen molar-refractivity contribution in [3.8, 4) is 0 Å². The summed E-state index contributed by atoms with van der Waals surface area (Å²) in [5, 5.41) is 9.32. The summed E-state index contributed by atoms with van der Waals surface area (Å²) >= 11 is 0. The molecule has 0 saturated carbocycles. The monoisotopic (exact) mass is 313 g/mol. The van der Waals surface area contributed by atoms with Crippen molar-refractivity contribution in [3.63, 3.8) is 0 Å². The van der Waals surface area contributed by atoms with E-state index in [0.29, 0.717) is 0 Å². The van der Waals surface area contributed by atoms with Crippen molar-refractivity contribution in [3.05, 3.63) is 60.5 Å². The molecule has 8 heteroatoms. The number of allylic oxidation sites excluding steroid dienone is 2. The van der Waals surface area contributed by atoms with Crippen molar-refractivity contribution < 1.29 is 24.5 Å². The summed E-state index contributed by atoms with van der Waals surface area (Å²) < 4.78 is 62.7. The van der Waals surface area contributed by atoms with Gasteiger partial charge in [0.15, 0.2) is 0 Å². The average Bonchev–Trinajstić information content (AvgIpc) is 2.22. The second-order valence-corrected chi connectivity index (χ2v) is 6.48. The standard InChI is InChI=1S/C12H12F5NOS/c1-8(18)7-12(9(2)19)10-3-5-11(6-4-10)20(13,14,15,16)17/h3-7,19H,1-2,18H2/b12-7+. The van der Waals surface area contributed by atoms with Gasteiger partial charge in [-0.05, 0) is 23.8 Å². The number of aliphatic hydroxyl groups is 1. The molecule has 0 amide bonds. The Balaban J connectivity index is 3.35. The van der Waals surface area contributed by atoms with E-state index in [0.717, 1.165) is 18.2 Å². The van der Waals surface area contributed by atoms with E-state index in [2.05, 4.69) is 13.2 Å². The van der Waals surface area contributed by atoms with Crippen LogP contribution < -0.4 is 5.73 Å². The van der Waals surface area contributed by atoms with Crippen LogP contribution in [0.15, 0.2) is 59.9 Å². The van der Waals surface area contributed by atoms with Gasteiger partial charge in [0.2, 0.25) is 0 Å². The van der Waals surface area contributed by atoms with Gasteiger partial charge < -0.3 is 10.8 Å². The fourth-order valence-corrected chi connectivity index (χ4v) is 2.06. The maximum absolute atomic E-state index is 12.5. The van der Waals surface area contributed by atoms with E-state index in [4.69, 9.17) is 5.73 Å². The molecule has 0 spiro atoms. The highest BCUT2D eigenvalue weighted by Gasteiger charge is 2.65. The third kappa shape index (κ3) is 4.02. The molecule has 0 fully saturated rings. The Labute approximate surface area is 112 Å². The lowest BCUT2D eigenvalue weighted by molar-refractivity contribution is 0.364. The van der Waals surface area contributed by atoms with Gasteiger partial charge in [-0.25, -0.2) is 0 Å². The van der Waals surface area contributed by atoms with Gasteiger partial charge in [0.05, 0.1) is 0 Å². The van der Waals surface area contributed by atoms with Crippen LogP contribution in [-0.4, -0.2) is 5.11 Å². The first kappa shape index (κ1) is 16.1. The number of rotatable bonds is 4. The lowest BCUT2D eigenvalue weighted by atomic mass is 10.0. The molecule has 20 heavy (non-hydrogen) atoms. The summed E-state index contributed by atoms with van der Waals surface area (Å²) in [6.45, 7) is 6.55. The summed E-state index contributed by atoms with van der Waals surface area (Å²) in [7, 11) is -9.70. The van der Waals surface area contributed by atoms with Gasteiger partial charge in [0.1, 0.15) is 10.7 Å². The smallest absolute Gasteiger partial charge is 0.310 e. The topological polar surface area (TPSA) is 46.2 Å². The molecule has 1 aromatic carbocycles. The Bertz CT molecular complexity index is 601. The SMILES string of the molecule is C=C(N)/C=C(\C(=C)O)c1ccc(S(F)(F)(F)(F)F)cc1. The lowest BCUT2D eigenvalue weighted by Gasteiger charge is -2.40. The molecular weight excluding hydrogens is 301 g/mol. The highest BCUT2D eigenvalue weighted by atomic mass is 32.5. The first-order chi connectivity index (χ1) is 8.70. The fraction of sp³-hybridized carbons (Fsp3) is 0. The molecule has 0 aliphatic carbocycles. The van der Waals surface area contributed by atoms with E-state index in [1.165, 1.54) is 0 Å². The highest BCUT2D eigenvalue weighted by Crippen LogP contribution is 3.02. The summed E-state index contributed by atoms with van der Waals surface area (Å²) in [6.07, 6.45) is 1.16. The maximum Gasteiger partial charge on any atom is 0.310 e. The number of hydrogen-bond acceptors (Lipinski definition) is 2. The Kier molecular flexibility index (Phi) is 3.23. The quantitative estimate of drug-likeness (QED) is 0.452. The van der Waals surface area contributed by atoms with Gasteiger partial charge in [-0.1, -0.05) is 44.7 Å². The van der Waals surface area contributed by atoms with Crippen molar-refractivity contribution in [2.75, 3.05) is 0 Å². The van der Waals surface area contributed by atoms with Gasteiger partial charge in [-0.15, -0.1) is 0 Å². The molecule has 112 valence electrons. The predicted octanol–water partition coefficient (Wildman–Crippen LogP) is 5.27. The molecule has 2 nitrogen and oxygen atoms in total. The molecule has 0 aliphatic heterocycles. The summed E-state index contributed by atoms with van der Waals surface area (Å²) in [5.41, 5.74) is 5.36. The van der Waals surface area contributed by atoms with Crippen LogP contribution in [0.3, 0.4) is 0 Å². The third-order valence-electron chi connectivity index (χ3n) is 2.25. The lowest BCUT2D eigenvalue weighted by Crippen LogP contribution is -2.06. The molecule has 1 rings (SSSR count). The molecule has 0 heterocycles. The van der Waals surface area contributed by atoms with Crippen LogP contribution in [0.2, 0.25) is 0 Å². The number of benzene rings is 1. The van der Waals surface area contributed by atoms with Gasteiger partial charge in [-0.2, -0.15) is 0 Å². The first-order valence-electron chi connectivity index (χ1n) is 5.09. The molecule has 0 radical (unpaired) electrons. The molecule has 0 aliphatic rings.